The second-order valence-corrected chi connectivity index (χ2v) is 6.72. The van der Waals surface area contributed by atoms with Gasteiger partial charge in [0.2, 0.25) is 11.8 Å². The van der Waals surface area contributed by atoms with Gasteiger partial charge in [0.15, 0.2) is 5.69 Å². The zero-order chi connectivity index (χ0) is 20.1. The van der Waals surface area contributed by atoms with Gasteiger partial charge >= 0.3 is 5.97 Å². The second-order valence-electron chi connectivity index (χ2n) is 6.72. The van der Waals surface area contributed by atoms with Crippen molar-refractivity contribution < 1.29 is 28.2 Å². The number of carboxylic acid groups (broad SMARTS) is 1. The van der Waals surface area contributed by atoms with Crippen LogP contribution >= 0.6 is 0 Å². The number of benzene rings is 1. The van der Waals surface area contributed by atoms with Crippen molar-refractivity contribution in [2.24, 2.45) is 0 Å². The third-order valence-electron chi connectivity index (χ3n) is 4.65. The second kappa shape index (κ2) is 8.81. The molecule has 150 valence electrons. The highest BCUT2D eigenvalue weighted by molar-refractivity contribution is 5.85. The van der Waals surface area contributed by atoms with Gasteiger partial charge in [0, 0.05) is 12.1 Å². The average Bonchev–Trinajstić information content (AvgIpc) is 3.05. The standard InChI is InChI=1S/C19H21F2N3O4/c20-14-7-4-8-15(21)13(14)11-28-18-9-16(19(26)27)23-24(18)10-17(25)22-12-5-2-1-3-6-12/h4,7-9,12H,1-3,5-6,10-11H2,(H,22,25)(H,26,27). The van der Waals surface area contributed by atoms with Crippen LogP contribution in [-0.4, -0.2) is 32.8 Å². The quantitative estimate of drug-likeness (QED) is 0.755. The molecule has 0 unspecified atom stereocenters. The molecule has 1 heterocycles. The Kier molecular flexibility index (Phi) is 6.23. The Hall–Kier alpha value is -2.97. The summed E-state index contributed by atoms with van der Waals surface area (Å²) >= 11 is 0. The normalized spacial score (nSPS) is 14.6. The predicted molar refractivity (Wildman–Crippen MR) is 94.9 cm³/mol. The zero-order valence-electron chi connectivity index (χ0n) is 15.2. The highest BCUT2D eigenvalue weighted by Gasteiger charge is 2.20. The van der Waals surface area contributed by atoms with Gasteiger partial charge in [-0.2, -0.15) is 5.10 Å². The molecule has 7 nitrogen and oxygen atoms in total. The van der Waals surface area contributed by atoms with Gasteiger partial charge in [0.05, 0.1) is 5.56 Å². The van der Waals surface area contributed by atoms with Crippen molar-refractivity contribution in [3.05, 3.63) is 47.2 Å². The first-order chi connectivity index (χ1) is 13.4. The number of nitrogens with one attached hydrogen (secondary N) is 1. The molecule has 1 aliphatic rings. The topological polar surface area (TPSA) is 93.5 Å². The Morgan fingerprint density at radius 3 is 2.54 bits per heavy atom. The fraction of sp³-hybridized carbons (Fsp3) is 0.421. The molecule has 9 heteroatoms. The lowest BCUT2D eigenvalue weighted by molar-refractivity contribution is -0.122. The number of carbonyl (C=O) groups excluding carboxylic acids is 1. The molecule has 0 atom stereocenters. The zero-order valence-corrected chi connectivity index (χ0v) is 15.2. The molecule has 2 aromatic rings. The van der Waals surface area contributed by atoms with E-state index in [1.165, 1.54) is 6.07 Å². The lowest BCUT2D eigenvalue weighted by atomic mass is 9.95. The molecule has 2 N–H and O–H groups in total. The molecular weight excluding hydrogens is 372 g/mol. The Morgan fingerprint density at radius 1 is 1.21 bits per heavy atom. The molecule has 1 saturated carbocycles. The molecule has 3 rings (SSSR count). The van der Waals surface area contributed by atoms with Crippen LogP contribution in [0, 0.1) is 11.6 Å². The molecule has 0 saturated heterocycles. The van der Waals surface area contributed by atoms with E-state index in [0.29, 0.717) is 0 Å². The number of aromatic nitrogens is 2. The SMILES string of the molecule is O=C(Cn1nc(C(=O)O)cc1OCc1c(F)cccc1F)NC1CCCCC1. The van der Waals surface area contributed by atoms with E-state index in [1.807, 2.05) is 0 Å². The summed E-state index contributed by atoms with van der Waals surface area (Å²) in [5, 5.41) is 15.9. The molecule has 1 aromatic heterocycles. The summed E-state index contributed by atoms with van der Waals surface area (Å²) in [6, 6.07) is 4.64. The van der Waals surface area contributed by atoms with Crippen LogP contribution in [0.2, 0.25) is 0 Å². The summed E-state index contributed by atoms with van der Waals surface area (Å²) in [6.07, 6.45) is 5.07. The number of hydrogen-bond donors (Lipinski definition) is 2. The van der Waals surface area contributed by atoms with Crippen LogP contribution in [0.1, 0.15) is 48.2 Å². The first kappa shape index (κ1) is 19.8. The highest BCUT2D eigenvalue weighted by atomic mass is 19.1. The molecule has 0 radical (unpaired) electrons. The Morgan fingerprint density at radius 2 is 1.89 bits per heavy atom. The lowest BCUT2D eigenvalue weighted by Crippen LogP contribution is -2.38. The maximum Gasteiger partial charge on any atom is 0.356 e. The summed E-state index contributed by atoms with van der Waals surface area (Å²) in [5.41, 5.74) is -0.617. The van der Waals surface area contributed by atoms with Gasteiger partial charge < -0.3 is 15.2 Å². The first-order valence-corrected chi connectivity index (χ1v) is 9.10. The molecule has 0 bridgehead atoms. The Labute approximate surface area is 160 Å². The van der Waals surface area contributed by atoms with Crippen LogP contribution in [-0.2, 0) is 17.9 Å². The van der Waals surface area contributed by atoms with E-state index >= 15 is 0 Å². The van der Waals surface area contributed by atoms with Gasteiger partial charge in [-0.25, -0.2) is 18.3 Å². The van der Waals surface area contributed by atoms with E-state index in [4.69, 9.17) is 9.84 Å². The number of rotatable bonds is 7. The molecule has 0 aliphatic heterocycles. The van der Waals surface area contributed by atoms with Crippen molar-refractivity contribution in [3.63, 3.8) is 0 Å². The molecule has 1 aromatic carbocycles. The first-order valence-electron chi connectivity index (χ1n) is 9.10. The molecular formula is C19H21F2N3O4. The number of aromatic carboxylic acids is 1. The van der Waals surface area contributed by atoms with Crippen molar-refractivity contribution in [1.82, 2.24) is 15.1 Å². The van der Waals surface area contributed by atoms with Crippen molar-refractivity contribution in [2.45, 2.75) is 51.3 Å². The van der Waals surface area contributed by atoms with E-state index in [-0.39, 0.29) is 35.6 Å². The van der Waals surface area contributed by atoms with Gasteiger partial charge in [-0.05, 0) is 25.0 Å². The fourth-order valence-corrected chi connectivity index (χ4v) is 3.21. The molecule has 1 amide bonds. The Bertz CT molecular complexity index is 843. The van der Waals surface area contributed by atoms with Crippen molar-refractivity contribution in [3.8, 4) is 5.88 Å². The van der Waals surface area contributed by atoms with Gasteiger partial charge in [-0.3, -0.25) is 4.79 Å². The summed E-state index contributed by atoms with van der Waals surface area (Å²) in [4.78, 5) is 23.5. The minimum atomic E-state index is -1.30. The Balaban J connectivity index is 1.71. The van der Waals surface area contributed by atoms with Crippen molar-refractivity contribution in [1.29, 1.82) is 0 Å². The van der Waals surface area contributed by atoms with E-state index in [0.717, 1.165) is 55.0 Å². The number of hydrogen-bond acceptors (Lipinski definition) is 4. The summed E-state index contributed by atoms with van der Waals surface area (Å²) in [5.74, 6) is -3.24. The maximum atomic E-state index is 13.8. The van der Waals surface area contributed by atoms with E-state index < -0.39 is 24.2 Å². The number of nitrogens with zero attached hydrogens (tertiary/aromatic N) is 2. The van der Waals surface area contributed by atoms with Crippen LogP contribution in [0.15, 0.2) is 24.3 Å². The average molecular weight is 393 g/mol. The fourth-order valence-electron chi connectivity index (χ4n) is 3.21. The van der Waals surface area contributed by atoms with Gasteiger partial charge in [0.25, 0.3) is 0 Å². The molecule has 1 fully saturated rings. The molecule has 1 aliphatic carbocycles. The minimum absolute atomic E-state index is 0.0566. The monoisotopic (exact) mass is 393 g/mol. The third-order valence-corrected chi connectivity index (χ3v) is 4.65. The summed E-state index contributed by atoms with van der Waals surface area (Å²) in [7, 11) is 0. The molecule has 28 heavy (non-hydrogen) atoms. The van der Waals surface area contributed by atoms with Crippen molar-refractivity contribution >= 4 is 11.9 Å². The number of ether oxygens (including phenoxy) is 1. The predicted octanol–water partition coefficient (Wildman–Crippen LogP) is 2.89. The number of halogens is 2. The molecule has 0 spiro atoms. The minimum Gasteiger partial charge on any atom is -0.476 e. The number of carboxylic acids is 1. The smallest absolute Gasteiger partial charge is 0.356 e. The van der Waals surface area contributed by atoms with Crippen LogP contribution in [0.25, 0.3) is 0 Å². The maximum absolute atomic E-state index is 13.8. The number of carbonyl (C=O) groups is 2. The van der Waals surface area contributed by atoms with Crippen molar-refractivity contribution in [2.75, 3.05) is 0 Å². The highest BCUT2D eigenvalue weighted by Crippen LogP contribution is 2.20. The number of amides is 1. The summed E-state index contributed by atoms with van der Waals surface area (Å²) in [6.45, 7) is -0.716. The third kappa shape index (κ3) is 4.85. The van der Waals surface area contributed by atoms with Crippen LogP contribution < -0.4 is 10.1 Å². The largest absolute Gasteiger partial charge is 0.476 e. The van der Waals surface area contributed by atoms with Crippen LogP contribution in [0.5, 0.6) is 5.88 Å². The van der Waals surface area contributed by atoms with E-state index in [9.17, 15) is 18.4 Å². The summed E-state index contributed by atoms with van der Waals surface area (Å²) < 4.78 is 34.0. The van der Waals surface area contributed by atoms with E-state index in [2.05, 4.69) is 10.4 Å². The van der Waals surface area contributed by atoms with Gasteiger partial charge in [0.1, 0.15) is 24.8 Å². The van der Waals surface area contributed by atoms with Gasteiger partial charge in [-0.1, -0.05) is 25.3 Å². The van der Waals surface area contributed by atoms with Gasteiger partial charge in [-0.15, -0.1) is 0 Å². The lowest BCUT2D eigenvalue weighted by Gasteiger charge is -2.22. The van der Waals surface area contributed by atoms with E-state index in [1.54, 1.807) is 0 Å². The van der Waals surface area contributed by atoms with Crippen LogP contribution in [0.3, 0.4) is 0 Å². The van der Waals surface area contributed by atoms with Crippen LogP contribution in [0.4, 0.5) is 8.78 Å².